The third-order valence-corrected chi connectivity index (χ3v) is 7.91. The SMILES string of the molecule is Cc1cc(C(F)(F)F)n2nc(C3CCN(S(=O)(=O)c4ccc(-c5ccccc5)cc4)C3)cc2n1. The van der Waals surface area contributed by atoms with Crippen LogP contribution in [0.5, 0.6) is 0 Å². The first-order valence-electron chi connectivity index (χ1n) is 10.7. The standard InChI is InChI=1S/C24H21F3N4O2S/c1-16-13-22(24(25,26)27)31-23(28-16)14-21(29-31)19-11-12-30(15-19)34(32,33)20-9-7-18(8-10-20)17-5-3-2-4-6-17/h2-10,13-14,19H,11-12,15H2,1H3. The summed E-state index contributed by atoms with van der Waals surface area (Å²) in [6.07, 6.45) is -4.11. The summed E-state index contributed by atoms with van der Waals surface area (Å²) in [6.45, 7) is 1.90. The van der Waals surface area contributed by atoms with E-state index in [1.54, 1.807) is 24.3 Å². The van der Waals surface area contributed by atoms with Crippen LogP contribution in [0.2, 0.25) is 0 Å². The number of hydrogen-bond donors (Lipinski definition) is 0. The van der Waals surface area contributed by atoms with Crippen molar-refractivity contribution in [3.8, 4) is 11.1 Å². The molecule has 3 heterocycles. The second-order valence-corrected chi connectivity index (χ2v) is 10.3. The summed E-state index contributed by atoms with van der Waals surface area (Å²) in [5, 5.41) is 4.15. The van der Waals surface area contributed by atoms with Crippen LogP contribution in [0, 0.1) is 6.92 Å². The number of nitrogens with zero attached hydrogens (tertiary/aromatic N) is 4. The van der Waals surface area contributed by atoms with Crippen molar-refractivity contribution in [2.45, 2.75) is 30.3 Å². The van der Waals surface area contributed by atoms with E-state index in [1.807, 2.05) is 30.3 Å². The zero-order valence-electron chi connectivity index (χ0n) is 18.2. The summed E-state index contributed by atoms with van der Waals surface area (Å²) >= 11 is 0. The van der Waals surface area contributed by atoms with Gasteiger partial charge in [-0.2, -0.15) is 22.6 Å². The van der Waals surface area contributed by atoms with Crippen LogP contribution in [0.25, 0.3) is 16.8 Å². The molecular formula is C24H21F3N4O2S. The minimum absolute atomic E-state index is 0.0973. The van der Waals surface area contributed by atoms with E-state index in [1.165, 1.54) is 17.3 Å². The summed E-state index contributed by atoms with van der Waals surface area (Å²) in [5.74, 6) is -0.318. The molecule has 1 atom stereocenters. The van der Waals surface area contributed by atoms with E-state index in [0.717, 1.165) is 21.7 Å². The van der Waals surface area contributed by atoms with E-state index in [9.17, 15) is 21.6 Å². The highest BCUT2D eigenvalue weighted by Gasteiger charge is 2.37. The van der Waals surface area contributed by atoms with E-state index in [-0.39, 0.29) is 35.2 Å². The number of hydrogen-bond acceptors (Lipinski definition) is 4. The molecule has 0 spiro atoms. The summed E-state index contributed by atoms with van der Waals surface area (Å²) in [4.78, 5) is 4.34. The number of benzene rings is 2. The quantitative estimate of drug-likeness (QED) is 0.412. The minimum Gasteiger partial charge on any atom is -0.234 e. The molecular weight excluding hydrogens is 465 g/mol. The monoisotopic (exact) mass is 486 g/mol. The predicted octanol–water partition coefficient (Wildman–Crippen LogP) is 4.90. The van der Waals surface area contributed by atoms with Gasteiger partial charge in [0.15, 0.2) is 5.65 Å². The summed E-state index contributed by atoms with van der Waals surface area (Å²) < 4.78 is 68.9. The first-order valence-corrected chi connectivity index (χ1v) is 12.2. The zero-order chi connectivity index (χ0) is 24.1. The van der Waals surface area contributed by atoms with Crippen molar-refractivity contribution in [3.63, 3.8) is 0 Å². The molecule has 0 amide bonds. The zero-order valence-corrected chi connectivity index (χ0v) is 19.0. The number of fused-ring (bicyclic) bond motifs is 1. The Morgan fingerprint density at radius 1 is 0.971 bits per heavy atom. The molecule has 4 aromatic rings. The first-order chi connectivity index (χ1) is 16.1. The lowest BCUT2D eigenvalue weighted by molar-refractivity contribution is -0.142. The molecule has 1 aliphatic rings. The Morgan fingerprint density at radius 2 is 1.65 bits per heavy atom. The van der Waals surface area contributed by atoms with E-state index in [4.69, 9.17) is 0 Å². The van der Waals surface area contributed by atoms with Crippen LogP contribution >= 0.6 is 0 Å². The number of rotatable bonds is 4. The molecule has 0 aliphatic carbocycles. The number of halogens is 3. The smallest absolute Gasteiger partial charge is 0.234 e. The Balaban J connectivity index is 1.39. The second kappa shape index (κ2) is 8.21. The molecule has 34 heavy (non-hydrogen) atoms. The topological polar surface area (TPSA) is 67.6 Å². The Hall–Kier alpha value is -3.24. The molecule has 176 valence electrons. The predicted molar refractivity (Wildman–Crippen MR) is 121 cm³/mol. The molecule has 0 radical (unpaired) electrons. The van der Waals surface area contributed by atoms with Gasteiger partial charge in [0.2, 0.25) is 10.0 Å². The lowest BCUT2D eigenvalue weighted by atomic mass is 10.1. The van der Waals surface area contributed by atoms with E-state index >= 15 is 0 Å². The van der Waals surface area contributed by atoms with Gasteiger partial charge < -0.3 is 0 Å². The van der Waals surface area contributed by atoms with Gasteiger partial charge in [-0.3, -0.25) is 0 Å². The molecule has 0 N–H and O–H groups in total. The van der Waals surface area contributed by atoms with Gasteiger partial charge >= 0.3 is 6.18 Å². The Kier molecular flexibility index (Phi) is 5.44. The van der Waals surface area contributed by atoms with Crippen LogP contribution in [0.15, 0.2) is 71.6 Å². The van der Waals surface area contributed by atoms with Crippen molar-refractivity contribution in [1.82, 2.24) is 18.9 Å². The number of sulfonamides is 1. The van der Waals surface area contributed by atoms with Gasteiger partial charge in [-0.25, -0.2) is 17.9 Å². The van der Waals surface area contributed by atoms with Crippen LogP contribution in [0.4, 0.5) is 13.2 Å². The summed E-state index contributed by atoms with van der Waals surface area (Å²) in [6, 6.07) is 18.8. The molecule has 1 fully saturated rings. The maximum absolute atomic E-state index is 13.5. The molecule has 2 aromatic carbocycles. The van der Waals surface area contributed by atoms with Crippen LogP contribution in [-0.4, -0.2) is 40.4 Å². The van der Waals surface area contributed by atoms with Gasteiger partial charge in [0, 0.05) is 30.8 Å². The van der Waals surface area contributed by atoms with Gasteiger partial charge in [0.05, 0.1) is 10.6 Å². The van der Waals surface area contributed by atoms with Crippen molar-refractivity contribution in [2.75, 3.05) is 13.1 Å². The molecule has 0 saturated carbocycles. The maximum atomic E-state index is 13.5. The van der Waals surface area contributed by atoms with Gasteiger partial charge in [0.25, 0.3) is 0 Å². The van der Waals surface area contributed by atoms with E-state index in [0.29, 0.717) is 12.1 Å². The maximum Gasteiger partial charge on any atom is 0.433 e. The Morgan fingerprint density at radius 3 is 2.32 bits per heavy atom. The highest BCUT2D eigenvalue weighted by atomic mass is 32.2. The Labute approximate surface area is 194 Å². The molecule has 2 aromatic heterocycles. The average Bonchev–Trinajstić information content (AvgIpc) is 3.46. The number of aryl methyl sites for hydroxylation is 1. The fourth-order valence-electron chi connectivity index (χ4n) is 4.31. The third-order valence-electron chi connectivity index (χ3n) is 6.03. The molecule has 0 bridgehead atoms. The number of aromatic nitrogens is 3. The Bertz CT molecular complexity index is 1450. The van der Waals surface area contributed by atoms with Crippen molar-refractivity contribution in [2.24, 2.45) is 0 Å². The van der Waals surface area contributed by atoms with Crippen molar-refractivity contribution in [1.29, 1.82) is 0 Å². The lowest BCUT2D eigenvalue weighted by Crippen LogP contribution is -2.28. The summed E-state index contributed by atoms with van der Waals surface area (Å²) in [5.41, 5.74) is 1.73. The van der Waals surface area contributed by atoms with Crippen molar-refractivity contribution in [3.05, 3.63) is 83.8 Å². The number of alkyl halides is 3. The highest BCUT2D eigenvalue weighted by molar-refractivity contribution is 7.89. The fourth-order valence-corrected chi connectivity index (χ4v) is 5.81. The van der Waals surface area contributed by atoms with E-state index in [2.05, 4.69) is 10.1 Å². The van der Waals surface area contributed by atoms with Crippen LogP contribution in [0.1, 0.15) is 29.4 Å². The molecule has 1 unspecified atom stereocenters. The van der Waals surface area contributed by atoms with Gasteiger partial charge in [-0.1, -0.05) is 42.5 Å². The van der Waals surface area contributed by atoms with Crippen LogP contribution in [-0.2, 0) is 16.2 Å². The first kappa shape index (κ1) is 22.5. The highest BCUT2D eigenvalue weighted by Crippen LogP contribution is 2.34. The second-order valence-electron chi connectivity index (χ2n) is 8.36. The summed E-state index contributed by atoms with van der Waals surface area (Å²) in [7, 11) is -3.74. The van der Waals surface area contributed by atoms with Crippen LogP contribution in [0.3, 0.4) is 0 Å². The molecule has 5 rings (SSSR count). The lowest BCUT2D eigenvalue weighted by Gasteiger charge is -2.16. The fraction of sp³-hybridized carbons (Fsp3) is 0.250. The molecule has 10 heteroatoms. The average molecular weight is 487 g/mol. The van der Waals surface area contributed by atoms with E-state index < -0.39 is 21.9 Å². The largest absolute Gasteiger partial charge is 0.433 e. The molecule has 6 nitrogen and oxygen atoms in total. The van der Waals surface area contributed by atoms with Crippen molar-refractivity contribution >= 4 is 15.7 Å². The molecule has 1 aliphatic heterocycles. The van der Waals surface area contributed by atoms with Crippen molar-refractivity contribution < 1.29 is 21.6 Å². The molecule has 1 saturated heterocycles. The minimum atomic E-state index is -4.58. The van der Waals surface area contributed by atoms with Gasteiger partial charge in [0.1, 0.15) is 5.69 Å². The van der Waals surface area contributed by atoms with Gasteiger partial charge in [-0.15, -0.1) is 0 Å². The normalized spacial score (nSPS) is 17.5. The third kappa shape index (κ3) is 4.07. The van der Waals surface area contributed by atoms with Crippen LogP contribution < -0.4 is 0 Å². The van der Waals surface area contributed by atoms with Gasteiger partial charge in [-0.05, 0) is 42.7 Å².